The molecule has 23 heavy (non-hydrogen) atoms. The molecule has 6 nitrogen and oxygen atoms in total. The van der Waals surface area contributed by atoms with Gasteiger partial charge in [-0.15, -0.1) is 0 Å². The van der Waals surface area contributed by atoms with Gasteiger partial charge in [-0.3, -0.25) is 14.3 Å². The molecule has 4 rings (SSSR count). The van der Waals surface area contributed by atoms with E-state index in [1.165, 1.54) is 0 Å². The first-order valence-corrected chi connectivity index (χ1v) is 8.61. The summed E-state index contributed by atoms with van der Waals surface area (Å²) in [5.41, 5.74) is 2.26. The van der Waals surface area contributed by atoms with Crippen molar-refractivity contribution in [3.8, 4) is 0 Å². The second-order valence-electron chi connectivity index (χ2n) is 5.87. The number of aromatic amines is 1. The third-order valence-corrected chi connectivity index (χ3v) is 4.89. The smallest absolute Gasteiger partial charge is 0.277 e. The van der Waals surface area contributed by atoms with E-state index < -0.39 is 0 Å². The van der Waals surface area contributed by atoms with Gasteiger partial charge in [0.25, 0.3) is 5.56 Å². The van der Waals surface area contributed by atoms with Crippen LogP contribution in [0, 0.1) is 0 Å². The van der Waals surface area contributed by atoms with Crippen LogP contribution in [0.15, 0.2) is 33.8 Å². The average Bonchev–Trinajstić information content (AvgIpc) is 2.94. The number of hydrogen-bond donors (Lipinski definition) is 2. The summed E-state index contributed by atoms with van der Waals surface area (Å²) in [6.45, 7) is 5.64. The van der Waals surface area contributed by atoms with Gasteiger partial charge in [0.05, 0.1) is 6.33 Å². The molecule has 120 valence electrons. The molecule has 0 saturated carbocycles. The number of piperazine rings is 1. The molecule has 0 unspecified atom stereocenters. The highest BCUT2D eigenvalue weighted by molar-refractivity contribution is 9.10. The maximum absolute atomic E-state index is 12.7. The van der Waals surface area contributed by atoms with E-state index in [0.717, 1.165) is 53.6 Å². The lowest BCUT2D eigenvalue weighted by Crippen LogP contribution is -2.45. The fraction of sp³-hybridized carbons (Fsp3) is 0.375. The van der Waals surface area contributed by atoms with E-state index in [0.29, 0.717) is 12.1 Å². The van der Waals surface area contributed by atoms with Gasteiger partial charge in [-0.1, -0.05) is 15.9 Å². The van der Waals surface area contributed by atoms with Crippen LogP contribution in [0.3, 0.4) is 0 Å². The van der Waals surface area contributed by atoms with Crippen LogP contribution >= 0.6 is 15.9 Å². The van der Waals surface area contributed by atoms with Crippen LogP contribution in [0.1, 0.15) is 0 Å². The summed E-state index contributed by atoms with van der Waals surface area (Å²) in [5.74, 6) is 0. The molecule has 1 aliphatic heterocycles. The van der Waals surface area contributed by atoms with Crippen LogP contribution in [0.5, 0.6) is 0 Å². The zero-order chi connectivity index (χ0) is 15.8. The van der Waals surface area contributed by atoms with E-state index in [4.69, 9.17) is 0 Å². The standard InChI is InChI=1S/C16H18BrN5O/c17-11-1-2-13-12(9-11)14-15(20-13)16(23)22(10-19-14)8-7-21-5-3-18-4-6-21/h1-2,9-10,18,20H,3-8H2. The number of aromatic nitrogens is 3. The molecule has 1 saturated heterocycles. The Morgan fingerprint density at radius 3 is 2.87 bits per heavy atom. The van der Waals surface area contributed by atoms with Crippen molar-refractivity contribution < 1.29 is 0 Å². The van der Waals surface area contributed by atoms with Gasteiger partial charge >= 0.3 is 0 Å². The Morgan fingerprint density at radius 2 is 2.04 bits per heavy atom. The van der Waals surface area contributed by atoms with Crippen molar-refractivity contribution in [3.63, 3.8) is 0 Å². The summed E-state index contributed by atoms with van der Waals surface area (Å²) in [6.07, 6.45) is 1.67. The largest absolute Gasteiger partial charge is 0.349 e. The third-order valence-electron chi connectivity index (χ3n) is 4.40. The Bertz CT molecular complexity index is 910. The lowest BCUT2D eigenvalue weighted by Gasteiger charge is -2.27. The summed E-state index contributed by atoms with van der Waals surface area (Å²) in [6, 6.07) is 5.91. The van der Waals surface area contributed by atoms with Gasteiger partial charge in [0.1, 0.15) is 11.0 Å². The molecular weight excluding hydrogens is 358 g/mol. The summed E-state index contributed by atoms with van der Waals surface area (Å²) in [7, 11) is 0. The van der Waals surface area contributed by atoms with Crippen LogP contribution in [0.2, 0.25) is 0 Å². The zero-order valence-corrected chi connectivity index (χ0v) is 14.3. The Balaban J connectivity index is 1.67. The first-order valence-electron chi connectivity index (χ1n) is 7.82. The van der Waals surface area contributed by atoms with Gasteiger partial charge in [-0.05, 0) is 18.2 Å². The van der Waals surface area contributed by atoms with E-state index in [1.54, 1.807) is 10.9 Å². The molecule has 0 radical (unpaired) electrons. The van der Waals surface area contributed by atoms with Crippen molar-refractivity contribution in [2.75, 3.05) is 32.7 Å². The van der Waals surface area contributed by atoms with Gasteiger partial charge in [0.15, 0.2) is 0 Å². The normalized spacial score (nSPS) is 16.4. The second-order valence-corrected chi connectivity index (χ2v) is 6.79. The van der Waals surface area contributed by atoms with Crippen molar-refractivity contribution in [1.29, 1.82) is 0 Å². The third kappa shape index (κ3) is 2.80. The van der Waals surface area contributed by atoms with Crippen LogP contribution in [0.4, 0.5) is 0 Å². The number of benzene rings is 1. The summed E-state index contributed by atoms with van der Waals surface area (Å²) in [4.78, 5) is 22.8. The summed E-state index contributed by atoms with van der Waals surface area (Å²) in [5, 5.41) is 4.31. The highest BCUT2D eigenvalue weighted by Crippen LogP contribution is 2.24. The van der Waals surface area contributed by atoms with Crippen molar-refractivity contribution >= 4 is 37.9 Å². The molecule has 1 aliphatic rings. The van der Waals surface area contributed by atoms with E-state index in [1.807, 2.05) is 18.2 Å². The first kappa shape index (κ1) is 14.9. The predicted octanol–water partition coefficient (Wildman–Crippen LogP) is 1.55. The van der Waals surface area contributed by atoms with E-state index in [2.05, 4.69) is 36.1 Å². The van der Waals surface area contributed by atoms with Crippen molar-refractivity contribution in [2.24, 2.45) is 0 Å². The predicted molar refractivity (Wildman–Crippen MR) is 94.9 cm³/mol. The molecule has 0 atom stereocenters. The number of hydrogen-bond acceptors (Lipinski definition) is 4. The second kappa shape index (κ2) is 6.07. The molecular formula is C16H18BrN5O. The lowest BCUT2D eigenvalue weighted by atomic mass is 10.2. The fourth-order valence-corrected chi connectivity index (χ4v) is 3.47. The van der Waals surface area contributed by atoms with Crippen molar-refractivity contribution in [3.05, 3.63) is 39.4 Å². The maximum Gasteiger partial charge on any atom is 0.277 e. The summed E-state index contributed by atoms with van der Waals surface area (Å²) >= 11 is 3.47. The average molecular weight is 376 g/mol. The highest BCUT2D eigenvalue weighted by atomic mass is 79.9. The number of fused-ring (bicyclic) bond motifs is 3. The lowest BCUT2D eigenvalue weighted by molar-refractivity contribution is 0.231. The molecule has 0 bridgehead atoms. The van der Waals surface area contributed by atoms with Crippen LogP contribution < -0.4 is 10.9 Å². The quantitative estimate of drug-likeness (QED) is 0.728. The first-order chi connectivity index (χ1) is 11.2. The SMILES string of the molecule is O=c1c2[nH]c3ccc(Br)cc3c2ncn1CCN1CCNCC1. The molecule has 0 spiro atoms. The van der Waals surface area contributed by atoms with Gasteiger partial charge in [0, 0.05) is 54.6 Å². The number of rotatable bonds is 3. The van der Waals surface area contributed by atoms with Crippen LogP contribution in [-0.4, -0.2) is 52.2 Å². The van der Waals surface area contributed by atoms with Gasteiger partial charge in [-0.25, -0.2) is 4.98 Å². The van der Waals surface area contributed by atoms with Crippen LogP contribution in [-0.2, 0) is 6.54 Å². The number of H-pyrrole nitrogens is 1. The van der Waals surface area contributed by atoms with E-state index in [9.17, 15) is 4.79 Å². The van der Waals surface area contributed by atoms with E-state index in [-0.39, 0.29) is 5.56 Å². The molecule has 3 heterocycles. The van der Waals surface area contributed by atoms with Gasteiger partial charge < -0.3 is 10.3 Å². The number of nitrogens with zero attached hydrogens (tertiary/aromatic N) is 3. The minimum Gasteiger partial charge on any atom is -0.349 e. The molecule has 2 aromatic heterocycles. The Hall–Kier alpha value is -1.70. The molecule has 2 N–H and O–H groups in total. The Labute approximate surface area is 141 Å². The van der Waals surface area contributed by atoms with Gasteiger partial charge in [0.2, 0.25) is 0 Å². The molecule has 7 heteroatoms. The Morgan fingerprint density at radius 1 is 1.22 bits per heavy atom. The Kier molecular flexibility index (Phi) is 3.92. The molecule has 0 amide bonds. The minimum absolute atomic E-state index is 0.00235. The minimum atomic E-state index is -0.00235. The molecule has 3 aromatic rings. The van der Waals surface area contributed by atoms with E-state index >= 15 is 0 Å². The zero-order valence-electron chi connectivity index (χ0n) is 12.7. The van der Waals surface area contributed by atoms with Crippen LogP contribution in [0.25, 0.3) is 21.9 Å². The highest BCUT2D eigenvalue weighted by Gasteiger charge is 2.13. The molecule has 1 aromatic carbocycles. The molecule has 1 fully saturated rings. The number of halogens is 1. The monoisotopic (exact) mass is 375 g/mol. The summed E-state index contributed by atoms with van der Waals surface area (Å²) < 4.78 is 2.69. The topological polar surface area (TPSA) is 66.0 Å². The number of nitrogens with one attached hydrogen (secondary N) is 2. The maximum atomic E-state index is 12.7. The van der Waals surface area contributed by atoms with Crippen molar-refractivity contribution in [2.45, 2.75) is 6.54 Å². The fourth-order valence-electron chi connectivity index (χ4n) is 3.11. The molecule has 0 aliphatic carbocycles. The van der Waals surface area contributed by atoms with Gasteiger partial charge in [-0.2, -0.15) is 0 Å². The van der Waals surface area contributed by atoms with Crippen molar-refractivity contribution in [1.82, 2.24) is 24.8 Å².